The van der Waals surface area contributed by atoms with E-state index in [1.807, 2.05) is 0 Å². The Balaban J connectivity index is 1.93. The predicted octanol–water partition coefficient (Wildman–Crippen LogP) is -0.940. The largest absolute Gasteiger partial charge is 0.481 e. The van der Waals surface area contributed by atoms with E-state index in [2.05, 4.69) is 10.3 Å². The molecule has 2 rings (SSSR count). The highest BCUT2D eigenvalue weighted by Crippen LogP contribution is 2.16. The van der Waals surface area contributed by atoms with Crippen LogP contribution in [0.1, 0.15) is 18.5 Å². The Morgan fingerprint density at radius 3 is 2.95 bits per heavy atom. The molecule has 1 aromatic heterocycles. The summed E-state index contributed by atoms with van der Waals surface area (Å²) in [5.74, 6) is -1.45. The highest BCUT2D eigenvalue weighted by Gasteiger charge is 2.28. The molecule has 104 valence electrons. The Hall–Kier alpha value is -1.96. The van der Waals surface area contributed by atoms with E-state index in [-0.39, 0.29) is 25.5 Å². The number of carboxylic acids is 1. The van der Waals surface area contributed by atoms with Crippen LogP contribution in [0.25, 0.3) is 0 Å². The Kier molecular flexibility index (Phi) is 4.10. The van der Waals surface area contributed by atoms with Gasteiger partial charge in [0.25, 0.3) is 0 Å². The van der Waals surface area contributed by atoms with Crippen LogP contribution in [0, 0.1) is 5.92 Å². The van der Waals surface area contributed by atoms with E-state index in [9.17, 15) is 9.59 Å². The van der Waals surface area contributed by atoms with Crippen molar-refractivity contribution in [3.63, 3.8) is 0 Å². The number of piperidine rings is 1. The van der Waals surface area contributed by atoms with Gasteiger partial charge in [-0.1, -0.05) is 5.21 Å². The fourth-order valence-corrected chi connectivity index (χ4v) is 2.15. The average molecular weight is 267 g/mol. The number of amides is 1. The molecule has 0 bridgehead atoms. The number of aromatic nitrogens is 3. The van der Waals surface area contributed by atoms with E-state index in [4.69, 9.17) is 10.8 Å². The summed E-state index contributed by atoms with van der Waals surface area (Å²) in [7, 11) is 0. The first kappa shape index (κ1) is 13.5. The summed E-state index contributed by atoms with van der Waals surface area (Å²) in [6, 6.07) is 0. The minimum absolute atomic E-state index is 0.0688. The van der Waals surface area contributed by atoms with Crippen LogP contribution < -0.4 is 5.73 Å². The molecule has 8 heteroatoms. The summed E-state index contributed by atoms with van der Waals surface area (Å²) in [6.45, 7) is 1.21. The third-order valence-corrected chi connectivity index (χ3v) is 3.22. The van der Waals surface area contributed by atoms with Crippen molar-refractivity contribution >= 4 is 11.9 Å². The zero-order valence-corrected chi connectivity index (χ0v) is 10.5. The van der Waals surface area contributed by atoms with Gasteiger partial charge in [-0.05, 0) is 12.8 Å². The van der Waals surface area contributed by atoms with Crippen molar-refractivity contribution in [1.29, 1.82) is 0 Å². The highest BCUT2D eigenvalue weighted by molar-refractivity contribution is 5.77. The molecule has 0 radical (unpaired) electrons. The highest BCUT2D eigenvalue weighted by atomic mass is 16.4. The minimum atomic E-state index is -0.844. The molecule has 19 heavy (non-hydrogen) atoms. The lowest BCUT2D eigenvalue weighted by atomic mass is 9.98. The van der Waals surface area contributed by atoms with Crippen LogP contribution in [0.5, 0.6) is 0 Å². The third-order valence-electron chi connectivity index (χ3n) is 3.22. The molecule has 3 N–H and O–H groups in total. The molecule has 0 aliphatic carbocycles. The number of hydrogen-bond acceptors (Lipinski definition) is 5. The second-order valence-electron chi connectivity index (χ2n) is 4.63. The molecule has 1 aliphatic heterocycles. The minimum Gasteiger partial charge on any atom is -0.481 e. The van der Waals surface area contributed by atoms with Crippen molar-refractivity contribution < 1.29 is 14.7 Å². The zero-order valence-electron chi connectivity index (χ0n) is 10.5. The molecule has 1 aliphatic rings. The van der Waals surface area contributed by atoms with Gasteiger partial charge in [-0.3, -0.25) is 9.59 Å². The van der Waals surface area contributed by atoms with Crippen LogP contribution in [0.15, 0.2) is 6.20 Å². The smallest absolute Gasteiger partial charge is 0.308 e. The average Bonchev–Trinajstić information content (AvgIpc) is 2.86. The first-order valence-corrected chi connectivity index (χ1v) is 6.20. The predicted molar refractivity (Wildman–Crippen MR) is 64.9 cm³/mol. The van der Waals surface area contributed by atoms with Crippen molar-refractivity contribution in [3.05, 3.63) is 11.9 Å². The summed E-state index contributed by atoms with van der Waals surface area (Å²) < 4.78 is 1.43. The first-order chi connectivity index (χ1) is 9.10. The molecule has 0 unspecified atom stereocenters. The molecule has 1 fully saturated rings. The standard InChI is InChI=1S/C11H17N5O3/c12-4-9-6-16(14-13-9)7-10(17)15-3-1-2-8(5-15)11(18)19/h6,8H,1-5,7,12H2,(H,18,19)/t8-/m0/s1. The van der Waals surface area contributed by atoms with Gasteiger partial charge in [-0.25, -0.2) is 4.68 Å². The molecule has 1 aromatic rings. The van der Waals surface area contributed by atoms with Gasteiger partial charge in [-0.2, -0.15) is 0 Å². The van der Waals surface area contributed by atoms with Crippen LogP contribution in [0.4, 0.5) is 0 Å². The lowest BCUT2D eigenvalue weighted by Crippen LogP contribution is -2.43. The molecule has 1 saturated heterocycles. The maximum atomic E-state index is 12.0. The quantitative estimate of drug-likeness (QED) is 0.727. The molecule has 8 nitrogen and oxygen atoms in total. The third kappa shape index (κ3) is 3.28. The topological polar surface area (TPSA) is 114 Å². The van der Waals surface area contributed by atoms with Crippen LogP contribution in [0.2, 0.25) is 0 Å². The summed E-state index contributed by atoms with van der Waals surface area (Å²) in [6.07, 6.45) is 2.96. The van der Waals surface area contributed by atoms with Crippen molar-refractivity contribution in [2.45, 2.75) is 25.9 Å². The van der Waals surface area contributed by atoms with E-state index in [1.165, 1.54) is 4.68 Å². The lowest BCUT2D eigenvalue weighted by molar-refractivity contribution is -0.145. The summed E-state index contributed by atoms with van der Waals surface area (Å²) in [5.41, 5.74) is 6.03. The maximum Gasteiger partial charge on any atom is 0.308 e. The van der Waals surface area contributed by atoms with Gasteiger partial charge in [-0.15, -0.1) is 5.10 Å². The van der Waals surface area contributed by atoms with E-state index in [0.717, 1.165) is 0 Å². The molecule has 1 amide bonds. The zero-order chi connectivity index (χ0) is 13.8. The van der Waals surface area contributed by atoms with E-state index in [1.54, 1.807) is 11.1 Å². The van der Waals surface area contributed by atoms with Gasteiger partial charge in [0.15, 0.2) is 0 Å². The molecular formula is C11H17N5O3. The molecule has 1 atom stereocenters. The molecule has 0 aromatic carbocycles. The number of likely N-dealkylation sites (tertiary alicyclic amines) is 1. The Bertz CT molecular complexity index is 473. The lowest BCUT2D eigenvalue weighted by Gasteiger charge is -2.30. The number of aliphatic carboxylic acids is 1. The van der Waals surface area contributed by atoms with Crippen LogP contribution in [0.3, 0.4) is 0 Å². The molecule has 0 spiro atoms. The summed E-state index contributed by atoms with van der Waals surface area (Å²) in [5, 5.41) is 16.6. The molecular weight excluding hydrogens is 250 g/mol. The van der Waals surface area contributed by atoms with E-state index in [0.29, 0.717) is 25.1 Å². The van der Waals surface area contributed by atoms with Gasteiger partial charge >= 0.3 is 5.97 Å². The normalized spacial score (nSPS) is 19.4. The van der Waals surface area contributed by atoms with Crippen molar-refractivity contribution in [3.8, 4) is 0 Å². The van der Waals surface area contributed by atoms with Crippen LogP contribution >= 0.6 is 0 Å². The summed E-state index contributed by atoms with van der Waals surface area (Å²) in [4.78, 5) is 24.6. The number of rotatable bonds is 4. The van der Waals surface area contributed by atoms with Crippen LogP contribution in [-0.4, -0.2) is 50.0 Å². The fourth-order valence-electron chi connectivity index (χ4n) is 2.15. The van der Waals surface area contributed by atoms with Gasteiger partial charge in [0.2, 0.25) is 5.91 Å². The molecule has 2 heterocycles. The van der Waals surface area contributed by atoms with Crippen molar-refractivity contribution in [1.82, 2.24) is 19.9 Å². The second kappa shape index (κ2) is 5.79. The number of nitrogens with two attached hydrogens (primary N) is 1. The van der Waals surface area contributed by atoms with Gasteiger partial charge < -0.3 is 15.7 Å². The summed E-state index contributed by atoms with van der Waals surface area (Å²) >= 11 is 0. The van der Waals surface area contributed by atoms with Gasteiger partial charge in [0, 0.05) is 19.6 Å². The van der Waals surface area contributed by atoms with E-state index >= 15 is 0 Å². The van der Waals surface area contributed by atoms with Gasteiger partial charge in [0.05, 0.1) is 17.8 Å². The Morgan fingerprint density at radius 1 is 1.53 bits per heavy atom. The monoisotopic (exact) mass is 267 g/mol. The fraction of sp³-hybridized carbons (Fsp3) is 0.636. The second-order valence-corrected chi connectivity index (χ2v) is 4.63. The van der Waals surface area contributed by atoms with Crippen LogP contribution in [-0.2, 0) is 22.7 Å². The number of hydrogen-bond donors (Lipinski definition) is 2. The maximum absolute atomic E-state index is 12.0. The Labute approximate surface area is 110 Å². The van der Waals surface area contributed by atoms with Gasteiger partial charge in [0.1, 0.15) is 6.54 Å². The number of nitrogens with zero attached hydrogens (tertiary/aromatic N) is 4. The van der Waals surface area contributed by atoms with Crippen molar-refractivity contribution in [2.24, 2.45) is 11.7 Å². The first-order valence-electron chi connectivity index (χ1n) is 6.20. The number of carbonyl (C=O) groups is 2. The van der Waals surface area contributed by atoms with Crippen molar-refractivity contribution in [2.75, 3.05) is 13.1 Å². The van der Waals surface area contributed by atoms with E-state index < -0.39 is 11.9 Å². The SMILES string of the molecule is NCc1cn(CC(=O)N2CCC[C@H](C(=O)O)C2)nn1. The Morgan fingerprint density at radius 2 is 2.32 bits per heavy atom. The number of carbonyl (C=O) groups excluding carboxylic acids is 1. The molecule has 0 saturated carbocycles. The number of carboxylic acid groups (broad SMARTS) is 1.